The molecule has 0 aliphatic carbocycles. The average molecular weight is 181 g/mol. The Morgan fingerprint density at radius 2 is 2.00 bits per heavy atom. The van der Waals surface area contributed by atoms with E-state index in [4.69, 9.17) is 4.74 Å². The maximum absolute atomic E-state index is 5.18. The minimum atomic E-state index is 0.532. The lowest BCUT2D eigenvalue weighted by molar-refractivity contribution is 0.147. The van der Waals surface area contributed by atoms with Crippen molar-refractivity contribution in [2.75, 3.05) is 12.9 Å². The molecule has 0 spiro atoms. The topological polar surface area (TPSA) is 9.23 Å². The molecule has 0 atom stereocenters. The Balaban J connectivity index is 2.53. The second-order valence-corrected chi connectivity index (χ2v) is 3.28. The molecule has 0 aliphatic heterocycles. The summed E-state index contributed by atoms with van der Waals surface area (Å²) in [7, 11) is 0. The molecule has 0 amide bonds. The van der Waals surface area contributed by atoms with Gasteiger partial charge in [-0.05, 0) is 30.9 Å². The smallest absolute Gasteiger partial charge is 0.0716 e. The zero-order valence-electron chi connectivity index (χ0n) is 7.25. The maximum Gasteiger partial charge on any atom is 0.0716 e. The normalized spacial score (nSPS) is 10.2. The van der Waals surface area contributed by atoms with Crippen LogP contribution in [0.1, 0.15) is 5.56 Å². The van der Waals surface area contributed by atoms with Crippen LogP contribution in [0.2, 0.25) is 0 Å². The number of hydrogen-bond acceptors (Lipinski definition) is 2. The fourth-order valence-corrected chi connectivity index (χ4v) is 1.32. The molecule has 0 saturated carbocycles. The van der Waals surface area contributed by atoms with E-state index in [9.17, 15) is 0 Å². The van der Waals surface area contributed by atoms with E-state index in [-0.39, 0.29) is 0 Å². The Morgan fingerprint density at radius 1 is 1.33 bits per heavy atom. The Kier molecular flexibility index (Phi) is 4.19. The number of hydrogen-bond donors (Lipinski definition) is 0. The van der Waals surface area contributed by atoms with Crippen molar-refractivity contribution >= 4 is 11.8 Å². The van der Waals surface area contributed by atoms with Crippen molar-refractivity contribution in [3.63, 3.8) is 0 Å². The van der Waals surface area contributed by atoms with Crippen LogP contribution in [0.15, 0.2) is 29.2 Å². The monoisotopic (exact) mass is 181 g/mol. The fraction of sp³-hybridized carbons (Fsp3) is 0.300. The summed E-state index contributed by atoms with van der Waals surface area (Å²) in [4.78, 5) is 1.29. The van der Waals surface area contributed by atoms with Gasteiger partial charge in [0.15, 0.2) is 0 Å². The molecule has 0 N–H and O–H groups in total. The molecule has 0 bridgehead atoms. The minimum Gasteiger partial charge on any atom is -0.377 e. The SMILES string of the molecule is [CH2]COCc1ccc(SC)cc1. The molecule has 65 valence electrons. The van der Waals surface area contributed by atoms with E-state index in [0.29, 0.717) is 13.2 Å². The minimum absolute atomic E-state index is 0.532. The van der Waals surface area contributed by atoms with Gasteiger partial charge in [-0.3, -0.25) is 0 Å². The van der Waals surface area contributed by atoms with Gasteiger partial charge in [-0.2, -0.15) is 0 Å². The molecule has 0 heterocycles. The summed E-state index contributed by atoms with van der Waals surface area (Å²) in [5.41, 5.74) is 1.21. The molecule has 2 heteroatoms. The number of ether oxygens (including phenoxy) is 1. The molecule has 1 nitrogen and oxygen atoms in total. The first-order chi connectivity index (χ1) is 5.86. The zero-order chi connectivity index (χ0) is 8.81. The van der Waals surface area contributed by atoms with Crippen LogP contribution < -0.4 is 0 Å². The van der Waals surface area contributed by atoms with Gasteiger partial charge in [0.2, 0.25) is 0 Å². The highest BCUT2D eigenvalue weighted by atomic mass is 32.2. The molecular formula is C10H13OS. The molecule has 1 aromatic rings. The third kappa shape index (κ3) is 2.88. The highest BCUT2D eigenvalue weighted by Crippen LogP contribution is 2.14. The average Bonchev–Trinajstić information content (AvgIpc) is 2.15. The van der Waals surface area contributed by atoms with E-state index < -0.39 is 0 Å². The molecular weight excluding hydrogens is 168 g/mol. The van der Waals surface area contributed by atoms with Crippen LogP contribution in [0.3, 0.4) is 0 Å². The molecule has 0 aromatic heterocycles. The van der Waals surface area contributed by atoms with E-state index in [0.717, 1.165) is 0 Å². The van der Waals surface area contributed by atoms with Gasteiger partial charge in [0, 0.05) is 11.5 Å². The summed E-state index contributed by atoms with van der Waals surface area (Å²) < 4.78 is 5.18. The summed E-state index contributed by atoms with van der Waals surface area (Å²) in [6.45, 7) is 4.81. The van der Waals surface area contributed by atoms with E-state index in [1.807, 2.05) is 0 Å². The van der Waals surface area contributed by atoms with Gasteiger partial charge < -0.3 is 4.74 Å². The van der Waals surface area contributed by atoms with Gasteiger partial charge in [-0.25, -0.2) is 0 Å². The van der Waals surface area contributed by atoms with Gasteiger partial charge in [0.25, 0.3) is 0 Å². The van der Waals surface area contributed by atoms with Gasteiger partial charge in [-0.1, -0.05) is 12.1 Å². The van der Waals surface area contributed by atoms with Crippen molar-refractivity contribution in [2.24, 2.45) is 0 Å². The van der Waals surface area contributed by atoms with E-state index in [1.165, 1.54) is 10.5 Å². The lowest BCUT2D eigenvalue weighted by Gasteiger charge is -2.01. The van der Waals surface area contributed by atoms with Crippen molar-refractivity contribution in [1.29, 1.82) is 0 Å². The van der Waals surface area contributed by atoms with Crippen molar-refractivity contribution in [2.45, 2.75) is 11.5 Å². The molecule has 0 aliphatic rings. The van der Waals surface area contributed by atoms with Gasteiger partial charge >= 0.3 is 0 Å². The molecule has 0 fully saturated rings. The Bertz CT molecular complexity index is 218. The molecule has 1 radical (unpaired) electrons. The summed E-state index contributed by atoms with van der Waals surface area (Å²) in [6, 6.07) is 8.38. The quantitative estimate of drug-likeness (QED) is 0.660. The first kappa shape index (κ1) is 9.62. The standard InChI is InChI=1S/C10H13OS/c1-3-11-8-9-4-6-10(12-2)7-5-9/h4-7H,1,3,8H2,2H3. The predicted molar refractivity (Wildman–Crippen MR) is 53.2 cm³/mol. The highest BCUT2D eigenvalue weighted by Gasteiger charge is 1.92. The molecule has 1 rings (SSSR count). The van der Waals surface area contributed by atoms with Crippen LogP contribution in [0.4, 0.5) is 0 Å². The van der Waals surface area contributed by atoms with Crippen LogP contribution in [0.5, 0.6) is 0 Å². The maximum atomic E-state index is 5.18. The highest BCUT2D eigenvalue weighted by molar-refractivity contribution is 7.98. The number of thioether (sulfide) groups is 1. The first-order valence-corrected chi connectivity index (χ1v) is 5.09. The largest absolute Gasteiger partial charge is 0.377 e. The predicted octanol–water partition coefficient (Wildman–Crippen LogP) is 2.76. The molecule has 0 saturated heterocycles. The lowest BCUT2D eigenvalue weighted by Crippen LogP contribution is -1.91. The third-order valence-corrected chi connectivity index (χ3v) is 2.32. The fourth-order valence-electron chi connectivity index (χ4n) is 0.912. The second kappa shape index (κ2) is 5.22. The molecule has 12 heavy (non-hydrogen) atoms. The van der Waals surface area contributed by atoms with E-state index in [2.05, 4.69) is 37.4 Å². The first-order valence-electron chi connectivity index (χ1n) is 3.86. The third-order valence-electron chi connectivity index (χ3n) is 1.57. The van der Waals surface area contributed by atoms with E-state index in [1.54, 1.807) is 11.8 Å². The van der Waals surface area contributed by atoms with Crippen LogP contribution in [0.25, 0.3) is 0 Å². The molecule has 1 aromatic carbocycles. The van der Waals surface area contributed by atoms with Crippen molar-refractivity contribution in [3.8, 4) is 0 Å². The van der Waals surface area contributed by atoms with Crippen LogP contribution in [-0.4, -0.2) is 12.9 Å². The van der Waals surface area contributed by atoms with Crippen molar-refractivity contribution in [1.82, 2.24) is 0 Å². The number of benzene rings is 1. The van der Waals surface area contributed by atoms with Crippen LogP contribution in [-0.2, 0) is 11.3 Å². The zero-order valence-corrected chi connectivity index (χ0v) is 8.06. The summed E-state index contributed by atoms with van der Waals surface area (Å²) in [5.74, 6) is 0. The van der Waals surface area contributed by atoms with E-state index >= 15 is 0 Å². The van der Waals surface area contributed by atoms with Crippen molar-refractivity contribution < 1.29 is 4.74 Å². The van der Waals surface area contributed by atoms with Gasteiger partial charge in [0.05, 0.1) is 6.61 Å². The van der Waals surface area contributed by atoms with Crippen LogP contribution >= 0.6 is 11.8 Å². The number of rotatable bonds is 4. The summed E-state index contributed by atoms with van der Waals surface area (Å²) >= 11 is 1.75. The van der Waals surface area contributed by atoms with Gasteiger partial charge in [0.1, 0.15) is 0 Å². The lowest BCUT2D eigenvalue weighted by atomic mass is 10.2. The summed E-state index contributed by atoms with van der Waals surface area (Å²) in [6.07, 6.45) is 2.07. The Hall–Kier alpha value is -0.470. The Morgan fingerprint density at radius 3 is 2.50 bits per heavy atom. The second-order valence-electron chi connectivity index (χ2n) is 2.40. The summed E-state index contributed by atoms with van der Waals surface area (Å²) in [5, 5.41) is 0. The Labute approximate surface area is 78.1 Å². The van der Waals surface area contributed by atoms with Crippen molar-refractivity contribution in [3.05, 3.63) is 36.8 Å². The van der Waals surface area contributed by atoms with Crippen LogP contribution in [0, 0.1) is 6.92 Å². The molecule has 0 unspecified atom stereocenters. The van der Waals surface area contributed by atoms with Gasteiger partial charge in [-0.15, -0.1) is 11.8 Å².